The van der Waals surface area contributed by atoms with E-state index in [2.05, 4.69) is 5.32 Å². The second-order valence-corrected chi connectivity index (χ2v) is 7.79. The van der Waals surface area contributed by atoms with Gasteiger partial charge >= 0.3 is 18.0 Å². The van der Waals surface area contributed by atoms with Crippen LogP contribution in [0.4, 0.5) is 4.79 Å². The number of carboxylic acid groups (broad SMARTS) is 1. The van der Waals surface area contributed by atoms with Gasteiger partial charge in [0.2, 0.25) is 5.91 Å². The predicted octanol–water partition coefficient (Wildman–Crippen LogP) is 0.997. The van der Waals surface area contributed by atoms with Crippen LogP contribution in [0.3, 0.4) is 0 Å². The van der Waals surface area contributed by atoms with Crippen molar-refractivity contribution in [2.75, 3.05) is 13.2 Å². The van der Waals surface area contributed by atoms with Gasteiger partial charge < -0.3 is 25.8 Å². The number of hydrogen-bond donors (Lipinski definition) is 3. The number of nitrogens with zero attached hydrogens (tertiary/aromatic N) is 1. The molecule has 2 atom stereocenters. The molecule has 3 amide bonds. The number of nitrogens with one attached hydrogen (secondary N) is 1. The average Bonchev–Trinajstić information content (AvgIpc) is 3.27. The number of primary amides is 1. The molecule has 1 saturated heterocycles. The zero-order chi connectivity index (χ0) is 24.0. The molecule has 0 radical (unpaired) electrons. The van der Waals surface area contributed by atoms with Crippen molar-refractivity contribution in [1.29, 1.82) is 0 Å². The highest BCUT2D eigenvalue weighted by atomic mass is 16.5. The lowest BCUT2D eigenvalue weighted by Gasteiger charge is -2.24. The van der Waals surface area contributed by atoms with Crippen LogP contribution in [0.2, 0.25) is 0 Å². The highest BCUT2D eigenvalue weighted by Gasteiger charge is 2.35. The summed E-state index contributed by atoms with van der Waals surface area (Å²) in [6.07, 6.45) is 0.155. The van der Waals surface area contributed by atoms with E-state index in [1.807, 2.05) is 36.4 Å². The van der Waals surface area contributed by atoms with E-state index in [1.54, 1.807) is 6.07 Å². The number of nitrogens with two attached hydrogens (primary N) is 1. The molecule has 0 spiro atoms. The highest BCUT2D eigenvalue weighted by molar-refractivity contribution is 5.96. The van der Waals surface area contributed by atoms with Gasteiger partial charge in [-0.2, -0.15) is 0 Å². The third-order valence-corrected chi connectivity index (χ3v) is 5.51. The first-order valence-corrected chi connectivity index (χ1v) is 10.5. The minimum absolute atomic E-state index is 0.0692. The van der Waals surface area contributed by atoms with Crippen LogP contribution in [0.15, 0.2) is 42.5 Å². The van der Waals surface area contributed by atoms with Crippen molar-refractivity contribution < 1.29 is 33.8 Å². The summed E-state index contributed by atoms with van der Waals surface area (Å²) in [7, 11) is 0. The Balaban J connectivity index is 1.60. The van der Waals surface area contributed by atoms with Gasteiger partial charge in [0.15, 0.2) is 12.4 Å². The van der Waals surface area contributed by atoms with E-state index in [0.29, 0.717) is 19.4 Å². The summed E-state index contributed by atoms with van der Waals surface area (Å²) in [6, 6.07) is 9.98. The maximum absolute atomic E-state index is 12.6. The molecular formula is C23H25N3O7. The fraction of sp³-hybridized carbons (Fsp3) is 0.348. The zero-order valence-electron chi connectivity index (χ0n) is 17.9. The van der Waals surface area contributed by atoms with Gasteiger partial charge in [-0.1, -0.05) is 42.5 Å². The van der Waals surface area contributed by atoms with Crippen molar-refractivity contribution in [2.24, 2.45) is 5.73 Å². The van der Waals surface area contributed by atoms with Crippen molar-refractivity contribution in [1.82, 2.24) is 10.2 Å². The Morgan fingerprint density at radius 3 is 2.58 bits per heavy atom. The topological polar surface area (TPSA) is 156 Å². The van der Waals surface area contributed by atoms with Crippen LogP contribution in [-0.4, -0.2) is 64.9 Å². The maximum Gasteiger partial charge on any atom is 0.315 e. The molecular weight excluding hydrogens is 430 g/mol. The minimum atomic E-state index is -1.41. The summed E-state index contributed by atoms with van der Waals surface area (Å²) in [4.78, 5) is 61.3. The van der Waals surface area contributed by atoms with Gasteiger partial charge in [-0.05, 0) is 29.2 Å². The molecule has 174 valence electrons. The SMILES string of the molecule is NC(=O)N1CCCC1C(=O)NC(CC(=O)O)C(=O)COC(=O)Cc1cccc2ccccc12. The molecule has 4 N–H and O–H groups in total. The average molecular weight is 455 g/mol. The van der Waals surface area contributed by atoms with E-state index in [-0.39, 0.29) is 6.42 Å². The number of ether oxygens (including phenoxy) is 1. The molecule has 2 aromatic carbocycles. The lowest BCUT2D eigenvalue weighted by atomic mass is 10.0. The Labute approximate surface area is 189 Å². The van der Waals surface area contributed by atoms with Crippen LogP contribution in [0, 0.1) is 0 Å². The number of urea groups is 1. The Morgan fingerprint density at radius 2 is 1.85 bits per heavy atom. The van der Waals surface area contributed by atoms with E-state index in [4.69, 9.17) is 15.6 Å². The van der Waals surface area contributed by atoms with Crippen LogP contribution in [0.5, 0.6) is 0 Å². The first-order valence-electron chi connectivity index (χ1n) is 10.5. The Bertz CT molecular complexity index is 1080. The molecule has 3 rings (SSSR count). The molecule has 0 bridgehead atoms. The number of carboxylic acids is 1. The molecule has 1 aliphatic rings. The largest absolute Gasteiger partial charge is 0.481 e. The highest BCUT2D eigenvalue weighted by Crippen LogP contribution is 2.19. The van der Waals surface area contributed by atoms with Gasteiger partial charge in [-0.25, -0.2) is 4.79 Å². The smallest absolute Gasteiger partial charge is 0.315 e. The number of aliphatic carboxylic acids is 1. The number of benzene rings is 2. The first kappa shape index (κ1) is 23.7. The number of ketones is 1. The molecule has 0 saturated carbocycles. The molecule has 1 fully saturated rings. The van der Waals surface area contributed by atoms with Gasteiger partial charge in [0.05, 0.1) is 12.8 Å². The van der Waals surface area contributed by atoms with Crippen molar-refractivity contribution in [3.05, 3.63) is 48.0 Å². The molecule has 2 unspecified atom stereocenters. The van der Waals surface area contributed by atoms with E-state index in [9.17, 15) is 24.0 Å². The fourth-order valence-electron chi connectivity index (χ4n) is 3.90. The van der Waals surface area contributed by atoms with Gasteiger partial charge in [0.1, 0.15) is 12.1 Å². The number of likely N-dealkylation sites (tertiary alicyclic amines) is 1. The van der Waals surface area contributed by atoms with E-state index in [1.165, 1.54) is 4.90 Å². The van der Waals surface area contributed by atoms with Crippen LogP contribution in [-0.2, 0) is 30.3 Å². The lowest BCUT2D eigenvalue weighted by Crippen LogP contribution is -2.53. The molecule has 1 aliphatic heterocycles. The number of fused-ring (bicyclic) bond motifs is 1. The van der Waals surface area contributed by atoms with Crippen molar-refractivity contribution in [3.63, 3.8) is 0 Å². The monoisotopic (exact) mass is 455 g/mol. The second kappa shape index (κ2) is 10.6. The number of Topliss-reactive ketones (excluding diaryl/α,β-unsaturated/α-hetero) is 1. The zero-order valence-corrected chi connectivity index (χ0v) is 17.9. The molecule has 10 nitrogen and oxygen atoms in total. The van der Waals surface area contributed by atoms with E-state index in [0.717, 1.165) is 16.3 Å². The quantitative estimate of drug-likeness (QED) is 0.476. The second-order valence-electron chi connectivity index (χ2n) is 7.79. The molecule has 1 heterocycles. The number of hydrogen-bond acceptors (Lipinski definition) is 6. The minimum Gasteiger partial charge on any atom is -0.481 e. The number of esters is 1. The summed E-state index contributed by atoms with van der Waals surface area (Å²) in [5.41, 5.74) is 5.99. The summed E-state index contributed by atoms with van der Waals surface area (Å²) in [5, 5.41) is 13.3. The van der Waals surface area contributed by atoms with Crippen LogP contribution in [0.1, 0.15) is 24.8 Å². The summed E-state index contributed by atoms with van der Waals surface area (Å²) in [6.45, 7) is -0.386. The summed E-state index contributed by atoms with van der Waals surface area (Å²) >= 11 is 0. The summed E-state index contributed by atoms with van der Waals surface area (Å²) in [5.74, 6) is -3.40. The van der Waals surface area contributed by atoms with Gasteiger partial charge in [-0.3, -0.25) is 19.2 Å². The standard InChI is InChI=1S/C23H25N3O7/c24-23(32)26-10-4-9-18(26)22(31)25-17(12-20(28)29)19(27)13-33-21(30)11-15-7-3-6-14-5-1-2-8-16(14)15/h1-3,5-8,17-18H,4,9-13H2,(H2,24,32)(H,25,31)(H,28,29). The number of amides is 3. The van der Waals surface area contributed by atoms with Gasteiger partial charge in [-0.15, -0.1) is 0 Å². The molecule has 0 aliphatic carbocycles. The van der Waals surface area contributed by atoms with E-state index >= 15 is 0 Å². The van der Waals surface area contributed by atoms with Crippen molar-refractivity contribution >= 4 is 40.4 Å². The van der Waals surface area contributed by atoms with Crippen LogP contribution < -0.4 is 11.1 Å². The number of rotatable bonds is 9. The Kier molecular flexibility index (Phi) is 7.60. The third-order valence-electron chi connectivity index (χ3n) is 5.51. The predicted molar refractivity (Wildman–Crippen MR) is 117 cm³/mol. The van der Waals surface area contributed by atoms with E-state index < -0.39 is 54.8 Å². The number of carbonyl (C=O) groups is 5. The maximum atomic E-state index is 12.6. The molecule has 33 heavy (non-hydrogen) atoms. The molecule has 2 aromatic rings. The molecule has 0 aromatic heterocycles. The first-order chi connectivity index (χ1) is 15.8. The van der Waals surface area contributed by atoms with Crippen molar-refractivity contribution in [2.45, 2.75) is 37.8 Å². The normalized spacial score (nSPS) is 16.2. The Hall–Kier alpha value is -3.95. The summed E-state index contributed by atoms with van der Waals surface area (Å²) < 4.78 is 5.07. The lowest BCUT2D eigenvalue weighted by molar-refractivity contribution is -0.148. The third kappa shape index (κ3) is 6.06. The number of carbonyl (C=O) groups excluding carboxylic acids is 4. The van der Waals surface area contributed by atoms with Gasteiger partial charge in [0.25, 0.3) is 0 Å². The Morgan fingerprint density at radius 1 is 1.12 bits per heavy atom. The molecule has 10 heteroatoms. The van der Waals surface area contributed by atoms with Crippen LogP contribution >= 0.6 is 0 Å². The van der Waals surface area contributed by atoms with Gasteiger partial charge in [0, 0.05) is 6.54 Å². The fourth-order valence-corrected chi connectivity index (χ4v) is 3.90. The van der Waals surface area contributed by atoms with Crippen molar-refractivity contribution in [3.8, 4) is 0 Å². The van der Waals surface area contributed by atoms with Crippen LogP contribution in [0.25, 0.3) is 10.8 Å².